The molecule has 6 heteroatoms. The zero-order valence-electron chi connectivity index (χ0n) is 31.2. The summed E-state index contributed by atoms with van der Waals surface area (Å²) in [6.07, 6.45) is 0. The fraction of sp³-hybridized carbons (Fsp3) is 0. The van der Waals surface area contributed by atoms with E-state index >= 15 is 0 Å². The summed E-state index contributed by atoms with van der Waals surface area (Å²) in [5.41, 5.74) is 11.1. The molecule has 0 aliphatic rings. The monoisotopic (exact) mass is 740 g/mol. The summed E-state index contributed by atoms with van der Waals surface area (Å²) in [5.74, 6) is 1.76. The van der Waals surface area contributed by atoms with E-state index in [9.17, 15) is 5.26 Å². The largest absolute Gasteiger partial charge is 0.309 e. The van der Waals surface area contributed by atoms with Gasteiger partial charge in [0.05, 0.1) is 39.0 Å². The van der Waals surface area contributed by atoms with E-state index in [4.69, 9.17) is 15.0 Å². The number of fused-ring (bicyclic) bond motifs is 6. The lowest BCUT2D eigenvalue weighted by atomic mass is 9.96. The Kier molecular flexibility index (Phi) is 7.76. The van der Waals surface area contributed by atoms with Gasteiger partial charge in [-0.15, -0.1) is 0 Å². The van der Waals surface area contributed by atoms with E-state index in [2.05, 4.69) is 137 Å². The fourth-order valence-corrected chi connectivity index (χ4v) is 8.46. The molecule has 0 spiro atoms. The normalized spacial score (nSPS) is 11.4. The van der Waals surface area contributed by atoms with Crippen LogP contribution in [0.4, 0.5) is 0 Å². The quantitative estimate of drug-likeness (QED) is 0.170. The molecule has 0 aliphatic heterocycles. The molecule has 0 radical (unpaired) electrons. The Labute approximate surface area is 334 Å². The van der Waals surface area contributed by atoms with Crippen molar-refractivity contribution >= 4 is 43.6 Å². The van der Waals surface area contributed by atoms with E-state index in [1.807, 2.05) is 72.8 Å². The Bertz CT molecular complexity index is 3240. The number of rotatable bonds is 6. The Morgan fingerprint density at radius 3 is 1.28 bits per heavy atom. The molecule has 58 heavy (non-hydrogen) atoms. The van der Waals surface area contributed by atoms with Crippen molar-refractivity contribution < 1.29 is 0 Å². The maximum absolute atomic E-state index is 10.8. The molecule has 0 unspecified atom stereocenters. The van der Waals surface area contributed by atoms with Crippen LogP contribution >= 0.6 is 0 Å². The van der Waals surface area contributed by atoms with Gasteiger partial charge in [0.15, 0.2) is 17.5 Å². The number of nitriles is 1. The Hall–Kier alpha value is -8.14. The summed E-state index contributed by atoms with van der Waals surface area (Å²) in [6, 6.07) is 69.1. The standard InChI is InChI=1S/C52H32N6/c53-33-37-20-15-25-43(49(37)58-46-28-13-9-23-40(46)41-24-10-14-29-47(41)58)42-31-30-36(32-48(42)57-44-26-11-7-21-38(44)39-22-8-12-27-45(39)57)52-55-50(34-16-3-1-4-17-34)54-51(56-52)35-18-5-2-6-19-35/h1-32H. The van der Waals surface area contributed by atoms with Crippen molar-refractivity contribution in [3.63, 3.8) is 0 Å². The molecule has 3 aromatic heterocycles. The van der Waals surface area contributed by atoms with E-state index in [0.29, 0.717) is 23.0 Å². The van der Waals surface area contributed by atoms with Crippen LogP contribution in [-0.4, -0.2) is 24.1 Å². The lowest BCUT2D eigenvalue weighted by Gasteiger charge is -2.20. The molecule has 6 nitrogen and oxygen atoms in total. The van der Waals surface area contributed by atoms with Crippen LogP contribution in [0.3, 0.4) is 0 Å². The second-order valence-electron chi connectivity index (χ2n) is 14.3. The lowest BCUT2D eigenvalue weighted by Crippen LogP contribution is -2.05. The highest BCUT2D eigenvalue weighted by atomic mass is 15.0. The van der Waals surface area contributed by atoms with Crippen molar-refractivity contribution in [2.45, 2.75) is 0 Å². The number of hydrogen-bond acceptors (Lipinski definition) is 4. The van der Waals surface area contributed by atoms with E-state index in [0.717, 1.165) is 82.8 Å². The maximum atomic E-state index is 10.8. The van der Waals surface area contributed by atoms with E-state index in [-0.39, 0.29) is 0 Å². The van der Waals surface area contributed by atoms with E-state index < -0.39 is 0 Å². The molecule has 270 valence electrons. The molecule has 11 rings (SSSR count). The van der Waals surface area contributed by atoms with Gasteiger partial charge in [-0.2, -0.15) is 5.26 Å². The lowest BCUT2D eigenvalue weighted by molar-refractivity contribution is 1.07. The van der Waals surface area contributed by atoms with Crippen LogP contribution in [0.25, 0.3) is 100 Å². The highest BCUT2D eigenvalue weighted by Gasteiger charge is 2.23. The summed E-state index contributed by atoms with van der Waals surface area (Å²) in [5, 5.41) is 15.4. The second kappa shape index (κ2) is 13.6. The van der Waals surface area contributed by atoms with Crippen LogP contribution in [0.2, 0.25) is 0 Å². The van der Waals surface area contributed by atoms with E-state index in [1.165, 1.54) is 0 Å². The van der Waals surface area contributed by atoms with Crippen molar-refractivity contribution in [2.24, 2.45) is 0 Å². The molecule has 0 amide bonds. The van der Waals surface area contributed by atoms with Crippen LogP contribution in [-0.2, 0) is 0 Å². The molecule has 0 fully saturated rings. The molecule has 11 aromatic rings. The first-order chi connectivity index (χ1) is 28.7. The third-order valence-corrected chi connectivity index (χ3v) is 11.0. The number of benzene rings is 8. The van der Waals surface area contributed by atoms with Crippen LogP contribution in [0.15, 0.2) is 194 Å². The van der Waals surface area contributed by atoms with Crippen molar-refractivity contribution in [1.82, 2.24) is 24.1 Å². The van der Waals surface area contributed by atoms with Gasteiger partial charge in [0.1, 0.15) is 6.07 Å². The smallest absolute Gasteiger partial charge is 0.164 e. The first kappa shape index (κ1) is 33.2. The predicted octanol–water partition coefficient (Wildman–Crippen LogP) is 12.6. The van der Waals surface area contributed by atoms with Gasteiger partial charge in [0, 0.05) is 49.4 Å². The Morgan fingerprint density at radius 2 is 0.793 bits per heavy atom. The minimum atomic E-state index is 0.565. The number of nitrogens with zero attached hydrogens (tertiary/aromatic N) is 6. The van der Waals surface area contributed by atoms with Crippen molar-refractivity contribution in [3.8, 4) is 62.7 Å². The Balaban J connectivity index is 1.24. The molecular weight excluding hydrogens is 709 g/mol. The first-order valence-electron chi connectivity index (χ1n) is 19.3. The molecule has 0 saturated carbocycles. The summed E-state index contributed by atoms with van der Waals surface area (Å²) in [7, 11) is 0. The van der Waals surface area contributed by atoms with Gasteiger partial charge >= 0.3 is 0 Å². The van der Waals surface area contributed by atoms with Crippen LogP contribution in [0.5, 0.6) is 0 Å². The summed E-state index contributed by atoms with van der Waals surface area (Å²) in [4.78, 5) is 15.2. The SMILES string of the molecule is N#Cc1cccc(-c2ccc(-c3nc(-c4ccccc4)nc(-c4ccccc4)n3)cc2-n2c3ccccc3c3ccccc32)c1-n1c2ccccc2c2ccccc21. The van der Waals surface area contributed by atoms with Crippen LogP contribution in [0.1, 0.15) is 5.56 Å². The van der Waals surface area contributed by atoms with Gasteiger partial charge < -0.3 is 9.13 Å². The summed E-state index contributed by atoms with van der Waals surface area (Å²) >= 11 is 0. The molecule has 0 aliphatic carbocycles. The van der Waals surface area contributed by atoms with Gasteiger partial charge in [-0.25, -0.2) is 15.0 Å². The average Bonchev–Trinajstić information content (AvgIpc) is 3.82. The van der Waals surface area contributed by atoms with Gasteiger partial charge in [-0.05, 0) is 36.4 Å². The minimum absolute atomic E-state index is 0.565. The molecule has 0 atom stereocenters. The molecule has 0 N–H and O–H groups in total. The summed E-state index contributed by atoms with van der Waals surface area (Å²) < 4.78 is 4.60. The first-order valence-corrected chi connectivity index (χ1v) is 19.3. The second-order valence-corrected chi connectivity index (χ2v) is 14.3. The molecule has 3 heterocycles. The molecular formula is C52H32N6. The fourth-order valence-electron chi connectivity index (χ4n) is 8.46. The zero-order chi connectivity index (χ0) is 38.6. The highest BCUT2D eigenvalue weighted by molar-refractivity contribution is 6.11. The molecule has 0 saturated heterocycles. The third-order valence-electron chi connectivity index (χ3n) is 11.0. The number of hydrogen-bond donors (Lipinski definition) is 0. The minimum Gasteiger partial charge on any atom is -0.309 e. The zero-order valence-corrected chi connectivity index (χ0v) is 31.2. The Morgan fingerprint density at radius 1 is 0.362 bits per heavy atom. The van der Waals surface area contributed by atoms with Crippen LogP contribution < -0.4 is 0 Å². The number of para-hydroxylation sites is 5. The van der Waals surface area contributed by atoms with Gasteiger partial charge in [0.2, 0.25) is 0 Å². The van der Waals surface area contributed by atoms with Crippen molar-refractivity contribution in [1.29, 1.82) is 5.26 Å². The van der Waals surface area contributed by atoms with Gasteiger partial charge in [0.25, 0.3) is 0 Å². The summed E-state index contributed by atoms with van der Waals surface area (Å²) in [6.45, 7) is 0. The predicted molar refractivity (Wildman–Crippen MR) is 235 cm³/mol. The average molecular weight is 741 g/mol. The van der Waals surface area contributed by atoms with Crippen molar-refractivity contribution in [2.75, 3.05) is 0 Å². The topological polar surface area (TPSA) is 72.3 Å². The van der Waals surface area contributed by atoms with Gasteiger partial charge in [-0.1, -0.05) is 158 Å². The molecule has 8 aromatic carbocycles. The highest BCUT2D eigenvalue weighted by Crippen LogP contribution is 2.43. The van der Waals surface area contributed by atoms with Crippen molar-refractivity contribution in [3.05, 3.63) is 200 Å². The third kappa shape index (κ3) is 5.30. The van der Waals surface area contributed by atoms with Gasteiger partial charge in [-0.3, -0.25) is 0 Å². The molecule has 0 bridgehead atoms. The number of aromatic nitrogens is 5. The van der Waals surface area contributed by atoms with Crippen LogP contribution in [0, 0.1) is 11.3 Å². The van der Waals surface area contributed by atoms with E-state index in [1.54, 1.807) is 0 Å². The maximum Gasteiger partial charge on any atom is 0.164 e.